The molecule has 0 saturated heterocycles. The van der Waals surface area contributed by atoms with Gasteiger partial charge in [0.2, 0.25) is 5.91 Å². The Kier molecular flexibility index (Phi) is 1.55. The number of anilines is 1. The Morgan fingerprint density at radius 1 is 1.31 bits per heavy atom. The Labute approximate surface area is 94.3 Å². The van der Waals surface area contributed by atoms with Crippen molar-refractivity contribution in [2.75, 3.05) is 5.32 Å². The van der Waals surface area contributed by atoms with Crippen LogP contribution in [0.1, 0.15) is 54.3 Å². The molecule has 1 saturated carbocycles. The highest BCUT2D eigenvalue weighted by atomic mass is 16.1. The lowest BCUT2D eigenvalue weighted by atomic mass is 9.87. The summed E-state index contributed by atoms with van der Waals surface area (Å²) in [6.07, 6.45) is 5.74. The van der Waals surface area contributed by atoms with Gasteiger partial charge in [0.25, 0.3) is 0 Å². The summed E-state index contributed by atoms with van der Waals surface area (Å²) in [5, 5.41) is 2.86. The van der Waals surface area contributed by atoms with Gasteiger partial charge >= 0.3 is 0 Å². The van der Waals surface area contributed by atoms with E-state index < -0.39 is 0 Å². The van der Waals surface area contributed by atoms with E-state index in [-0.39, 0.29) is 5.91 Å². The van der Waals surface area contributed by atoms with Crippen molar-refractivity contribution in [1.29, 1.82) is 0 Å². The monoisotopic (exact) mass is 214 g/mol. The second-order valence-corrected chi connectivity index (χ2v) is 5.26. The largest absolute Gasteiger partial charge is 0.310 e. The fourth-order valence-corrected chi connectivity index (χ4v) is 3.55. The van der Waals surface area contributed by atoms with Gasteiger partial charge in [-0.15, -0.1) is 0 Å². The molecular weight excluding hydrogens is 200 g/mol. The Bertz CT molecular complexity index is 454. The summed E-state index contributed by atoms with van der Waals surface area (Å²) in [5.41, 5.74) is 3.83. The molecule has 1 amide bonds. The van der Waals surface area contributed by atoms with Crippen LogP contribution in [0.3, 0.4) is 0 Å². The third kappa shape index (κ3) is 1.03. The number of hydrogen-bond acceptors (Lipinski definition) is 2. The zero-order valence-electron chi connectivity index (χ0n) is 9.12. The van der Waals surface area contributed by atoms with Crippen LogP contribution in [0.5, 0.6) is 0 Å². The van der Waals surface area contributed by atoms with Gasteiger partial charge in [0, 0.05) is 17.2 Å². The molecule has 3 heteroatoms. The second-order valence-electron chi connectivity index (χ2n) is 5.26. The molecule has 1 aromatic heterocycles. The second kappa shape index (κ2) is 2.84. The number of fused-ring (bicyclic) bond motifs is 6. The number of nitrogens with zero attached hydrogens (tertiary/aromatic N) is 1. The Morgan fingerprint density at radius 3 is 3.12 bits per heavy atom. The van der Waals surface area contributed by atoms with E-state index in [0.29, 0.717) is 12.3 Å². The van der Waals surface area contributed by atoms with E-state index in [9.17, 15) is 4.79 Å². The van der Waals surface area contributed by atoms with E-state index in [1.54, 1.807) is 0 Å². The van der Waals surface area contributed by atoms with Crippen molar-refractivity contribution >= 4 is 11.7 Å². The van der Waals surface area contributed by atoms with Gasteiger partial charge in [0.05, 0.1) is 6.42 Å². The predicted molar refractivity (Wildman–Crippen MR) is 60.5 cm³/mol. The molecule has 3 nitrogen and oxygen atoms in total. The van der Waals surface area contributed by atoms with E-state index in [2.05, 4.69) is 11.4 Å². The lowest BCUT2D eigenvalue weighted by Crippen LogP contribution is -2.05. The van der Waals surface area contributed by atoms with Crippen molar-refractivity contribution in [2.24, 2.45) is 0 Å². The predicted octanol–water partition coefficient (Wildman–Crippen LogP) is 2.33. The number of nitrogens with one attached hydrogen (secondary N) is 1. The molecule has 0 radical (unpaired) electrons. The number of pyridine rings is 1. The van der Waals surface area contributed by atoms with Crippen LogP contribution in [-0.2, 0) is 11.2 Å². The average molecular weight is 214 g/mol. The minimum Gasteiger partial charge on any atom is -0.310 e. The summed E-state index contributed by atoms with van der Waals surface area (Å²) in [4.78, 5) is 16.0. The van der Waals surface area contributed by atoms with Crippen LogP contribution in [-0.4, -0.2) is 10.9 Å². The SMILES string of the molecule is O=C1Cc2cc3c(nc2N1)C1CCCC3C1. The fraction of sp³-hybridized carbons (Fsp3) is 0.538. The maximum atomic E-state index is 11.3. The van der Waals surface area contributed by atoms with Gasteiger partial charge in [-0.3, -0.25) is 4.79 Å². The molecule has 2 bridgehead atoms. The topological polar surface area (TPSA) is 42.0 Å². The van der Waals surface area contributed by atoms with Crippen LogP contribution in [0.4, 0.5) is 5.82 Å². The highest BCUT2D eigenvalue weighted by Crippen LogP contribution is 2.50. The summed E-state index contributed by atoms with van der Waals surface area (Å²) in [6.45, 7) is 0. The molecule has 1 fully saturated rings. The van der Waals surface area contributed by atoms with Crippen LogP contribution < -0.4 is 5.32 Å². The molecule has 3 aliphatic rings. The molecule has 2 heterocycles. The smallest absolute Gasteiger partial charge is 0.230 e. The Hall–Kier alpha value is -1.38. The van der Waals surface area contributed by atoms with Crippen molar-refractivity contribution in [1.82, 2.24) is 4.98 Å². The summed E-state index contributed by atoms with van der Waals surface area (Å²) >= 11 is 0. The highest BCUT2D eigenvalue weighted by Gasteiger charge is 2.37. The van der Waals surface area contributed by atoms with Gasteiger partial charge in [-0.2, -0.15) is 0 Å². The quantitative estimate of drug-likeness (QED) is 0.720. The number of carbonyl (C=O) groups excluding carboxylic acids is 1. The van der Waals surface area contributed by atoms with E-state index >= 15 is 0 Å². The van der Waals surface area contributed by atoms with Crippen LogP contribution in [0, 0.1) is 0 Å². The summed E-state index contributed by atoms with van der Waals surface area (Å²) < 4.78 is 0. The maximum absolute atomic E-state index is 11.3. The fourth-order valence-electron chi connectivity index (χ4n) is 3.55. The first-order valence-electron chi connectivity index (χ1n) is 6.15. The molecule has 2 unspecified atom stereocenters. The molecule has 82 valence electrons. The summed E-state index contributed by atoms with van der Waals surface area (Å²) in [6, 6.07) is 2.24. The van der Waals surface area contributed by atoms with Crippen LogP contribution in [0.2, 0.25) is 0 Å². The van der Waals surface area contributed by atoms with E-state index in [1.807, 2.05) is 0 Å². The van der Waals surface area contributed by atoms with Crippen molar-refractivity contribution < 1.29 is 4.79 Å². The van der Waals surface area contributed by atoms with Crippen molar-refractivity contribution in [2.45, 2.75) is 43.9 Å². The normalized spacial score (nSPS) is 29.9. The molecule has 2 aliphatic carbocycles. The number of amides is 1. The Balaban J connectivity index is 1.88. The van der Waals surface area contributed by atoms with E-state index in [4.69, 9.17) is 4.98 Å². The minimum atomic E-state index is 0.0938. The van der Waals surface area contributed by atoms with Crippen LogP contribution in [0.25, 0.3) is 0 Å². The first-order chi connectivity index (χ1) is 7.81. The standard InChI is InChI=1S/C13H14N2O/c16-11-6-9-5-10-7-2-1-3-8(4-7)12(10)15-13(9)14-11/h5,7-8H,1-4,6H2,(H,14,15,16). The third-order valence-corrected chi connectivity index (χ3v) is 4.27. The number of rotatable bonds is 0. The van der Waals surface area contributed by atoms with Gasteiger partial charge < -0.3 is 5.32 Å². The van der Waals surface area contributed by atoms with Crippen LogP contribution >= 0.6 is 0 Å². The Morgan fingerprint density at radius 2 is 2.19 bits per heavy atom. The van der Waals surface area contributed by atoms with Gasteiger partial charge in [0.1, 0.15) is 5.82 Å². The van der Waals surface area contributed by atoms with Gasteiger partial charge in [-0.25, -0.2) is 4.98 Å². The van der Waals surface area contributed by atoms with Crippen molar-refractivity contribution in [3.8, 4) is 0 Å². The maximum Gasteiger partial charge on any atom is 0.230 e. The molecule has 0 spiro atoms. The van der Waals surface area contributed by atoms with Crippen LogP contribution in [0.15, 0.2) is 6.07 Å². The van der Waals surface area contributed by atoms with Gasteiger partial charge in [-0.05, 0) is 36.8 Å². The molecule has 4 rings (SSSR count). The average Bonchev–Trinajstić information content (AvgIpc) is 2.76. The minimum absolute atomic E-state index is 0.0938. The van der Waals surface area contributed by atoms with E-state index in [1.165, 1.54) is 36.9 Å². The third-order valence-electron chi connectivity index (χ3n) is 4.27. The zero-order valence-corrected chi connectivity index (χ0v) is 9.12. The van der Waals surface area contributed by atoms with Gasteiger partial charge in [-0.1, -0.05) is 6.42 Å². The number of hydrogen-bond donors (Lipinski definition) is 1. The summed E-state index contributed by atoms with van der Waals surface area (Å²) in [7, 11) is 0. The highest BCUT2D eigenvalue weighted by molar-refractivity contribution is 5.98. The molecule has 16 heavy (non-hydrogen) atoms. The lowest BCUT2D eigenvalue weighted by Gasteiger charge is -2.17. The summed E-state index contributed by atoms with van der Waals surface area (Å²) in [5.74, 6) is 2.31. The zero-order chi connectivity index (χ0) is 10.7. The molecule has 1 aromatic rings. The van der Waals surface area contributed by atoms with Gasteiger partial charge in [0.15, 0.2) is 0 Å². The lowest BCUT2D eigenvalue weighted by molar-refractivity contribution is -0.115. The molecule has 1 N–H and O–H groups in total. The first kappa shape index (κ1) is 8.74. The molecular formula is C13H14N2O. The number of carbonyl (C=O) groups is 1. The molecule has 0 aromatic carbocycles. The van der Waals surface area contributed by atoms with Crippen molar-refractivity contribution in [3.05, 3.63) is 22.9 Å². The van der Waals surface area contributed by atoms with Crippen molar-refractivity contribution in [3.63, 3.8) is 0 Å². The van der Waals surface area contributed by atoms with E-state index in [0.717, 1.165) is 17.3 Å². The molecule has 2 atom stereocenters. The molecule has 1 aliphatic heterocycles. The first-order valence-corrected chi connectivity index (χ1v) is 6.15. The number of aromatic nitrogens is 1.